The molecule has 4 aromatic heterocycles. The summed E-state index contributed by atoms with van der Waals surface area (Å²) in [5.41, 5.74) is 1.30. The van der Waals surface area contributed by atoms with Crippen molar-refractivity contribution in [3.8, 4) is 0 Å². The van der Waals surface area contributed by atoms with Crippen molar-refractivity contribution >= 4 is 56.7 Å². The number of rotatable bonds is 6. The molecule has 6 aromatic rings. The summed E-state index contributed by atoms with van der Waals surface area (Å²) in [6.07, 6.45) is 6.36. The molecule has 242 valence electrons. The minimum Gasteiger partial charge on any atom is -0.870 e. The van der Waals surface area contributed by atoms with Crippen LogP contribution in [-0.2, 0) is 17.8 Å². The monoisotopic (exact) mass is 698 g/mol. The minimum atomic E-state index is -1.03. The molecule has 0 unspecified atom stereocenters. The molecule has 0 saturated heterocycles. The van der Waals surface area contributed by atoms with E-state index < -0.39 is 11.9 Å². The van der Waals surface area contributed by atoms with Crippen molar-refractivity contribution in [2.45, 2.75) is 20.5 Å². The van der Waals surface area contributed by atoms with Gasteiger partial charge in [-0.1, -0.05) is 42.8 Å². The van der Waals surface area contributed by atoms with E-state index in [0.29, 0.717) is 27.0 Å². The number of aromatic carboxylic acids is 1. The summed E-state index contributed by atoms with van der Waals surface area (Å²) < 4.78 is 7.69. The minimum absolute atomic E-state index is 0. The molecule has 0 saturated carbocycles. The number of hydrogen-bond acceptors (Lipinski definition) is 8. The van der Waals surface area contributed by atoms with Crippen molar-refractivity contribution in [2.24, 2.45) is 0 Å². The van der Waals surface area contributed by atoms with Crippen LogP contribution in [0.3, 0.4) is 0 Å². The van der Waals surface area contributed by atoms with Crippen LogP contribution in [0.25, 0.3) is 21.5 Å². The van der Waals surface area contributed by atoms with Crippen LogP contribution < -0.4 is 40.7 Å². The molecule has 0 radical (unpaired) electrons. The Morgan fingerprint density at radius 3 is 1.58 bits per heavy atom. The largest absolute Gasteiger partial charge is 1.00 e. The van der Waals surface area contributed by atoms with E-state index in [1.54, 1.807) is 67.0 Å². The third kappa shape index (κ3) is 9.83. The van der Waals surface area contributed by atoms with Crippen LogP contribution in [0.1, 0.15) is 39.5 Å². The Hall–Kier alpha value is -4.36. The molecule has 0 fully saturated rings. The van der Waals surface area contributed by atoms with Crippen LogP contribution in [-0.4, -0.2) is 48.7 Å². The van der Waals surface area contributed by atoms with E-state index in [2.05, 4.69) is 14.7 Å². The maximum Gasteiger partial charge on any atom is 1.00 e. The van der Waals surface area contributed by atoms with Gasteiger partial charge in [-0.3, -0.25) is 19.6 Å². The molecule has 0 aliphatic heterocycles. The Morgan fingerprint density at radius 1 is 0.708 bits per heavy atom. The molecule has 4 heterocycles. The molecular formula is C34H29Cl2N4NaO7. The molecular weight excluding hydrogens is 670 g/mol. The van der Waals surface area contributed by atoms with Gasteiger partial charge in [0.1, 0.15) is 0 Å². The zero-order valence-corrected chi connectivity index (χ0v) is 28.6. The molecule has 48 heavy (non-hydrogen) atoms. The van der Waals surface area contributed by atoms with Crippen molar-refractivity contribution in [1.82, 2.24) is 19.1 Å². The van der Waals surface area contributed by atoms with Gasteiger partial charge in [0, 0.05) is 47.0 Å². The van der Waals surface area contributed by atoms with Crippen LogP contribution in [0.4, 0.5) is 0 Å². The Kier molecular flexibility index (Phi) is 14.7. The van der Waals surface area contributed by atoms with E-state index in [1.807, 2.05) is 0 Å². The number of fused-ring (bicyclic) bond motifs is 2. The molecule has 14 heteroatoms. The summed E-state index contributed by atoms with van der Waals surface area (Å²) in [6.45, 7) is 0.453. The van der Waals surface area contributed by atoms with Crippen molar-refractivity contribution < 1.29 is 54.5 Å². The SMILES string of the molecule is C.COC(=O)c1ccnc(Cn2cc3cc(Cl)ccc3cc2=O)c1.O=C(O)c1ccnc(Cn2cc3cc(Cl)ccc3cc2=O)c1.[Na+].[OH-]. The molecule has 11 nitrogen and oxygen atoms in total. The fraction of sp³-hybridized carbons (Fsp3) is 0.118. The predicted octanol–water partition coefficient (Wildman–Crippen LogP) is 3.14. The van der Waals surface area contributed by atoms with Crippen molar-refractivity contribution in [3.05, 3.63) is 151 Å². The van der Waals surface area contributed by atoms with Gasteiger partial charge in [-0.15, -0.1) is 0 Å². The average molecular weight is 700 g/mol. The van der Waals surface area contributed by atoms with Crippen LogP contribution in [0.2, 0.25) is 10.0 Å². The molecule has 0 aliphatic carbocycles. The number of carboxylic acids is 1. The predicted molar refractivity (Wildman–Crippen MR) is 180 cm³/mol. The Balaban J connectivity index is 0.000000314. The first-order valence-corrected chi connectivity index (χ1v) is 14.2. The van der Waals surface area contributed by atoms with Gasteiger partial charge in [0.2, 0.25) is 0 Å². The summed E-state index contributed by atoms with van der Waals surface area (Å²) in [7, 11) is 1.32. The molecule has 2 N–H and O–H groups in total. The third-order valence-corrected chi connectivity index (χ3v) is 7.25. The van der Waals surface area contributed by atoms with Crippen LogP contribution in [0.15, 0.2) is 107 Å². The van der Waals surface area contributed by atoms with E-state index in [0.717, 1.165) is 21.5 Å². The smallest absolute Gasteiger partial charge is 0.870 e. The van der Waals surface area contributed by atoms with E-state index in [4.69, 9.17) is 28.3 Å². The number of methoxy groups -OCH3 is 1. The Bertz CT molecular complexity index is 2210. The molecule has 2 aromatic carbocycles. The van der Waals surface area contributed by atoms with E-state index >= 15 is 0 Å². The number of carboxylic acid groups (broad SMARTS) is 1. The third-order valence-electron chi connectivity index (χ3n) is 6.78. The number of carbonyl (C=O) groups is 2. The molecule has 0 amide bonds. The summed E-state index contributed by atoms with van der Waals surface area (Å²) in [6, 6.07) is 19.7. The van der Waals surface area contributed by atoms with Gasteiger partial charge in [0.25, 0.3) is 11.1 Å². The van der Waals surface area contributed by atoms with Gasteiger partial charge in [0.05, 0.1) is 42.7 Å². The van der Waals surface area contributed by atoms with E-state index in [1.165, 1.54) is 46.8 Å². The maximum atomic E-state index is 12.2. The maximum absolute atomic E-state index is 12.2. The zero-order valence-electron chi connectivity index (χ0n) is 25.1. The number of hydrogen-bond donors (Lipinski definition) is 1. The van der Waals surface area contributed by atoms with Gasteiger partial charge in [-0.05, 0) is 70.1 Å². The number of carbonyl (C=O) groups excluding carboxylic acids is 1. The standard InChI is InChI=1S/C17H13ClN2O3.C16H11ClN2O3.CH4.Na.H2O/c1-23-17(22)12-4-5-19-15(7-12)10-20-9-13-6-14(18)3-2-11(13)8-16(20)21;17-13-2-1-10-7-15(20)19(8-12(10)5-13)9-14-6-11(16(21)22)3-4-18-14;;;/h2-9H,10H2,1H3;1-8H,9H2,(H,21,22);1H4;;1H2/q;;;+1;/p-1. The van der Waals surface area contributed by atoms with Gasteiger partial charge in [-0.2, -0.15) is 0 Å². The first-order valence-electron chi connectivity index (χ1n) is 13.4. The Morgan fingerprint density at radius 2 is 1.15 bits per heavy atom. The van der Waals surface area contributed by atoms with E-state index in [9.17, 15) is 19.2 Å². The van der Waals surface area contributed by atoms with E-state index in [-0.39, 0.29) is 72.2 Å². The number of halogens is 2. The number of ether oxygens (including phenoxy) is 1. The summed E-state index contributed by atoms with van der Waals surface area (Å²) in [5.74, 6) is -1.47. The van der Waals surface area contributed by atoms with Crippen LogP contribution in [0, 0.1) is 0 Å². The Labute approximate surface area is 307 Å². The quantitative estimate of drug-likeness (QED) is 0.203. The average Bonchev–Trinajstić information content (AvgIpc) is 3.02. The summed E-state index contributed by atoms with van der Waals surface area (Å²) >= 11 is 12.0. The van der Waals surface area contributed by atoms with Crippen molar-refractivity contribution in [3.63, 3.8) is 0 Å². The van der Waals surface area contributed by atoms with Crippen LogP contribution in [0.5, 0.6) is 0 Å². The fourth-order valence-electron chi connectivity index (χ4n) is 4.58. The normalized spacial score (nSPS) is 10.1. The number of nitrogens with zero attached hydrogens (tertiary/aromatic N) is 4. The van der Waals surface area contributed by atoms with Gasteiger partial charge in [-0.25, -0.2) is 9.59 Å². The summed E-state index contributed by atoms with van der Waals surface area (Å²) in [4.78, 5) is 55.2. The first-order chi connectivity index (χ1) is 21.6. The van der Waals surface area contributed by atoms with Crippen molar-refractivity contribution in [2.75, 3.05) is 7.11 Å². The number of esters is 1. The number of pyridine rings is 4. The van der Waals surface area contributed by atoms with Crippen LogP contribution >= 0.6 is 23.2 Å². The van der Waals surface area contributed by atoms with Crippen molar-refractivity contribution in [1.29, 1.82) is 0 Å². The number of aromatic nitrogens is 4. The second-order valence-electron chi connectivity index (χ2n) is 9.89. The van der Waals surface area contributed by atoms with Gasteiger partial charge in [0.15, 0.2) is 0 Å². The van der Waals surface area contributed by atoms with Gasteiger partial charge < -0.3 is 24.5 Å². The second kappa shape index (κ2) is 17.7. The fourth-order valence-corrected chi connectivity index (χ4v) is 4.94. The number of benzene rings is 2. The molecule has 6 rings (SSSR count). The second-order valence-corrected chi connectivity index (χ2v) is 10.8. The topological polar surface area (TPSA) is 163 Å². The zero-order chi connectivity index (χ0) is 32.1. The van der Waals surface area contributed by atoms with Gasteiger partial charge >= 0.3 is 41.5 Å². The molecule has 0 aliphatic rings. The molecule has 0 atom stereocenters. The summed E-state index contributed by atoms with van der Waals surface area (Å²) in [5, 5.41) is 13.5. The first kappa shape index (κ1) is 39.8. The molecule has 0 spiro atoms. The molecule has 0 bridgehead atoms.